The first-order valence-corrected chi connectivity index (χ1v) is 10.7. The van der Waals surface area contributed by atoms with Crippen LogP contribution in [0.1, 0.15) is 27.8 Å². The zero-order chi connectivity index (χ0) is 22.4. The number of halogens is 1. The Balaban J connectivity index is 1.64. The largest absolute Gasteiger partial charge is 0.362 e. The molecule has 0 radical (unpaired) electrons. The smallest absolute Gasteiger partial charge is 0.282 e. The van der Waals surface area contributed by atoms with Gasteiger partial charge in [-0.1, -0.05) is 48.5 Å². The molecular formula is C27H23FN2O2. The minimum absolute atomic E-state index is 0.329. The van der Waals surface area contributed by atoms with Crippen LogP contribution in [0.25, 0.3) is 5.57 Å². The van der Waals surface area contributed by atoms with E-state index in [1.807, 2.05) is 43.0 Å². The molecular weight excluding hydrogens is 403 g/mol. The third-order valence-corrected chi connectivity index (χ3v) is 6.46. The molecule has 0 fully saturated rings. The number of aryl methyl sites for hydroxylation is 1. The maximum Gasteiger partial charge on any atom is 0.282 e. The van der Waals surface area contributed by atoms with Crippen LogP contribution in [0.4, 0.5) is 10.1 Å². The van der Waals surface area contributed by atoms with Gasteiger partial charge in [-0.2, -0.15) is 0 Å². The van der Waals surface area contributed by atoms with Crippen LogP contribution in [0.5, 0.6) is 0 Å². The van der Waals surface area contributed by atoms with Crippen molar-refractivity contribution in [3.63, 3.8) is 0 Å². The molecule has 2 amide bonds. The van der Waals surface area contributed by atoms with E-state index in [4.69, 9.17) is 0 Å². The molecule has 4 nitrogen and oxygen atoms in total. The molecule has 32 heavy (non-hydrogen) atoms. The summed E-state index contributed by atoms with van der Waals surface area (Å²) in [6.07, 6.45) is 0.793. The summed E-state index contributed by atoms with van der Waals surface area (Å²) >= 11 is 0. The number of rotatable bonds is 3. The number of benzene rings is 3. The third kappa shape index (κ3) is 3.21. The van der Waals surface area contributed by atoms with Crippen LogP contribution < -0.4 is 4.90 Å². The van der Waals surface area contributed by atoms with Crippen molar-refractivity contribution in [1.29, 1.82) is 0 Å². The van der Waals surface area contributed by atoms with Gasteiger partial charge in [-0.15, -0.1) is 0 Å². The summed E-state index contributed by atoms with van der Waals surface area (Å²) in [5.41, 5.74) is 6.15. The van der Waals surface area contributed by atoms with Gasteiger partial charge in [-0.3, -0.25) is 9.59 Å². The predicted molar refractivity (Wildman–Crippen MR) is 122 cm³/mol. The Hall–Kier alpha value is -3.73. The van der Waals surface area contributed by atoms with Gasteiger partial charge in [0, 0.05) is 13.1 Å². The Kier molecular flexibility index (Phi) is 4.89. The van der Waals surface area contributed by atoms with E-state index in [2.05, 4.69) is 12.1 Å². The predicted octanol–water partition coefficient (Wildman–Crippen LogP) is 4.79. The molecule has 0 unspecified atom stereocenters. The van der Waals surface area contributed by atoms with Crippen LogP contribution in [-0.2, 0) is 22.6 Å². The Morgan fingerprint density at radius 2 is 1.53 bits per heavy atom. The van der Waals surface area contributed by atoms with Gasteiger partial charge in [0.2, 0.25) is 0 Å². The van der Waals surface area contributed by atoms with Crippen molar-refractivity contribution in [2.24, 2.45) is 0 Å². The number of hydrogen-bond donors (Lipinski definition) is 0. The minimum Gasteiger partial charge on any atom is -0.362 e. The fourth-order valence-corrected chi connectivity index (χ4v) is 4.57. The quantitative estimate of drug-likeness (QED) is 0.566. The van der Waals surface area contributed by atoms with E-state index in [-0.39, 0.29) is 17.6 Å². The van der Waals surface area contributed by atoms with Gasteiger partial charge in [0.05, 0.1) is 11.3 Å². The van der Waals surface area contributed by atoms with Crippen LogP contribution in [-0.4, -0.2) is 23.3 Å². The van der Waals surface area contributed by atoms with Crippen molar-refractivity contribution < 1.29 is 14.0 Å². The molecule has 2 aliphatic rings. The van der Waals surface area contributed by atoms with Gasteiger partial charge in [-0.25, -0.2) is 9.29 Å². The second-order valence-corrected chi connectivity index (χ2v) is 8.34. The van der Waals surface area contributed by atoms with Crippen molar-refractivity contribution in [2.75, 3.05) is 11.4 Å². The van der Waals surface area contributed by atoms with E-state index >= 15 is 0 Å². The molecule has 5 heteroatoms. The molecule has 2 aliphatic heterocycles. The second kappa shape index (κ2) is 7.75. The fraction of sp³-hybridized carbons (Fsp3) is 0.185. The summed E-state index contributed by atoms with van der Waals surface area (Å²) < 4.78 is 13.6. The summed E-state index contributed by atoms with van der Waals surface area (Å²) in [4.78, 5) is 30.7. The molecule has 3 aromatic rings. The maximum absolute atomic E-state index is 13.8. The van der Waals surface area contributed by atoms with Crippen LogP contribution in [0.2, 0.25) is 0 Å². The minimum atomic E-state index is -0.383. The molecule has 0 saturated heterocycles. The average molecular weight is 426 g/mol. The van der Waals surface area contributed by atoms with Gasteiger partial charge < -0.3 is 4.90 Å². The van der Waals surface area contributed by atoms with Crippen molar-refractivity contribution in [3.05, 3.63) is 106 Å². The summed E-state index contributed by atoms with van der Waals surface area (Å²) in [5, 5.41) is 0. The number of carbonyl (C=O) groups excluding carboxylic acids is 2. The van der Waals surface area contributed by atoms with Crippen LogP contribution in [0, 0.1) is 19.7 Å². The number of imide groups is 1. The summed E-state index contributed by atoms with van der Waals surface area (Å²) in [6, 6.07) is 19.6. The first kappa shape index (κ1) is 20.2. The third-order valence-electron chi connectivity index (χ3n) is 6.46. The molecule has 0 aromatic heterocycles. The molecule has 2 heterocycles. The van der Waals surface area contributed by atoms with Crippen LogP contribution in [0.15, 0.2) is 72.4 Å². The molecule has 160 valence electrons. The van der Waals surface area contributed by atoms with Gasteiger partial charge in [0.25, 0.3) is 11.8 Å². The monoisotopic (exact) mass is 426 g/mol. The van der Waals surface area contributed by atoms with E-state index in [9.17, 15) is 14.0 Å². The lowest BCUT2D eigenvalue weighted by molar-refractivity contribution is -0.120. The Morgan fingerprint density at radius 1 is 0.812 bits per heavy atom. The molecule has 0 aliphatic carbocycles. The van der Waals surface area contributed by atoms with E-state index in [0.29, 0.717) is 35.6 Å². The average Bonchev–Trinajstić information content (AvgIpc) is 3.06. The topological polar surface area (TPSA) is 40.6 Å². The van der Waals surface area contributed by atoms with Crippen LogP contribution >= 0.6 is 0 Å². The van der Waals surface area contributed by atoms with E-state index in [0.717, 1.165) is 23.1 Å². The molecule has 0 spiro atoms. The van der Waals surface area contributed by atoms with Crippen molar-refractivity contribution in [1.82, 2.24) is 4.90 Å². The SMILES string of the molecule is Cc1cccc(N2C(=O)C(c3ccc(F)cc3)=C(N3CCc4ccccc4C3)C2=O)c1C. The number of nitrogens with zero attached hydrogens (tertiary/aromatic N) is 2. The highest BCUT2D eigenvalue weighted by Gasteiger charge is 2.43. The number of amides is 2. The highest BCUT2D eigenvalue weighted by Crippen LogP contribution is 2.38. The van der Waals surface area contributed by atoms with Crippen molar-refractivity contribution >= 4 is 23.1 Å². The first-order chi connectivity index (χ1) is 15.5. The summed E-state index contributed by atoms with van der Waals surface area (Å²) in [5.74, 6) is -1.09. The molecule has 5 rings (SSSR count). The van der Waals surface area contributed by atoms with Crippen LogP contribution in [0.3, 0.4) is 0 Å². The first-order valence-electron chi connectivity index (χ1n) is 10.7. The molecule has 0 bridgehead atoms. The normalized spacial score (nSPS) is 16.1. The molecule has 3 aromatic carbocycles. The van der Waals surface area contributed by atoms with Gasteiger partial charge >= 0.3 is 0 Å². The maximum atomic E-state index is 13.8. The second-order valence-electron chi connectivity index (χ2n) is 8.34. The fourth-order valence-electron chi connectivity index (χ4n) is 4.57. The summed E-state index contributed by atoms with van der Waals surface area (Å²) in [7, 11) is 0. The Morgan fingerprint density at radius 3 is 2.28 bits per heavy atom. The summed E-state index contributed by atoms with van der Waals surface area (Å²) in [6.45, 7) is 5.06. The van der Waals surface area contributed by atoms with Crippen molar-refractivity contribution in [2.45, 2.75) is 26.8 Å². The standard InChI is InChI=1S/C27H23FN2O2/c1-17-6-5-9-23(18(17)2)30-26(31)24(20-10-12-22(28)13-11-20)25(27(30)32)29-15-14-19-7-3-4-8-21(19)16-29/h3-13H,14-16H2,1-2H3. The highest BCUT2D eigenvalue weighted by atomic mass is 19.1. The number of carbonyl (C=O) groups is 2. The van der Waals surface area contributed by atoms with Gasteiger partial charge in [-0.05, 0) is 66.3 Å². The van der Waals surface area contributed by atoms with E-state index in [1.54, 1.807) is 18.2 Å². The molecule has 0 atom stereocenters. The Labute approximate surface area is 186 Å². The lowest BCUT2D eigenvalue weighted by Gasteiger charge is -2.31. The number of anilines is 1. The molecule has 0 N–H and O–H groups in total. The highest BCUT2D eigenvalue weighted by molar-refractivity contribution is 6.45. The van der Waals surface area contributed by atoms with Crippen molar-refractivity contribution in [3.8, 4) is 0 Å². The zero-order valence-corrected chi connectivity index (χ0v) is 18.1. The van der Waals surface area contributed by atoms with Gasteiger partial charge in [0.1, 0.15) is 11.5 Å². The molecule has 0 saturated carbocycles. The van der Waals surface area contributed by atoms with Gasteiger partial charge in [0.15, 0.2) is 0 Å². The lowest BCUT2D eigenvalue weighted by atomic mass is 9.98. The zero-order valence-electron chi connectivity index (χ0n) is 18.1. The number of fused-ring (bicyclic) bond motifs is 1. The van der Waals surface area contributed by atoms with E-state index in [1.165, 1.54) is 22.6 Å². The van der Waals surface area contributed by atoms with E-state index < -0.39 is 0 Å². The lowest BCUT2D eigenvalue weighted by Crippen LogP contribution is -2.37. The Bertz CT molecular complexity index is 1280. The number of hydrogen-bond acceptors (Lipinski definition) is 3.